The van der Waals surface area contributed by atoms with Crippen molar-refractivity contribution >= 4 is 17.8 Å². The summed E-state index contributed by atoms with van der Waals surface area (Å²) in [5.41, 5.74) is 0.822. The van der Waals surface area contributed by atoms with Crippen LogP contribution >= 0.6 is 0 Å². The molecule has 2 aliphatic heterocycles. The van der Waals surface area contributed by atoms with Crippen LogP contribution in [0.2, 0.25) is 0 Å². The van der Waals surface area contributed by atoms with Crippen LogP contribution in [0.5, 0.6) is 0 Å². The Hall–Kier alpha value is -1.91. The topological polar surface area (TPSA) is 63.7 Å². The van der Waals surface area contributed by atoms with Crippen LogP contribution < -0.4 is 0 Å². The van der Waals surface area contributed by atoms with Crippen molar-refractivity contribution in [2.45, 2.75) is 12.5 Å². The number of imide groups is 1. The third-order valence-corrected chi connectivity index (χ3v) is 3.61. The molecule has 3 rings (SSSR count). The number of carbonyl (C=O) groups excluding carboxylic acids is 3. The van der Waals surface area contributed by atoms with Gasteiger partial charge < -0.3 is 4.74 Å². The Labute approximate surface area is 97.7 Å². The summed E-state index contributed by atoms with van der Waals surface area (Å²) in [7, 11) is 1.48. The van der Waals surface area contributed by atoms with Gasteiger partial charge >= 0.3 is 5.97 Å². The maximum atomic E-state index is 12.0. The van der Waals surface area contributed by atoms with Crippen LogP contribution in [0.25, 0.3) is 0 Å². The highest BCUT2D eigenvalue weighted by molar-refractivity contribution is 6.06. The van der Waals surface area contributed by atoms with Gasteiger partial charge in [-0.3, -0.25) is 14.5 Å². The Morgan fingerprint density at radius 1 is 1.24 bits per heavy atom. The van der Waals surface area contributed by atoms with E-state index in [9.17, 15) is 14.4 Å². The highest BCUT2D eigenvalue weighted by Crippen LogP contribution is 2.40. The molecule has 0 aromatic heterocycles. The monoisotopic (exact) mass is 233 g/mol. The van der Waals surface area contributed by atoms with E-state index in [1.165, 1.54) is 13.1 Å². The lowest BCUT2D eigenvalue weighted by Gasteiger charge is -2.31. The standard InChI is InChI=1S/C12H11NO4/c1-13-11(15)7-4-2-6-3-5-8(14)17-10(6)9(7)12(13)16/h2-3,5,7,9-10H,4H2,1H3/t7-,9-,10+/m0/s1. The van der Waals surface area contributed by atoms with E-state index in [1.54, 1.807) is 6.08 Å². The fourth-order valence-electron chi connectivity index (χ4n) is 2.71. The van der Waals surface area contributed by atoms with Gasteiger partial charge in [0.2, 0.25) is 11.8 Å². The molecule has 0 unspecified atom stereocenters. The van der Waals surface area contributed by atoms with Crippen molar-refractivity contribution in [3.8, 4) is 0 Å². The van der Waals surface area contributed by atoms with E-state index in [1.807, 2.05) is 6.08 Å². The summed E-state index contributed by atoms with van der Waals surface area (Å²) < 4.78 is 5.18. The molecule has 0 aromatic carbocycles. The van der Waals surface area contributed by atoms with Gasteiger partial charge in [0, 0.05) is 13.1 Å². The van der Waals surface area contributed by atoms with E-state index in [-0.39, 0.29) is 17.7 Å². The van der Waals surface area contributed by atoms with E-state index in [0.717, 1.165) is 10.5 Å². The first-order valence-electron chi connectivity index (χ1n) is 5.50. The lowest BCUT2D eigenvalue weighted by atomic mass is 9.78. The van der Waals surface area contributed by atoms with Gasteiger partial charge in [-0.1, -0.05) is 6.08 Å². The van der Waals surface area contributed by atoms with Crippen molar-refractivity contribution in [2.24, 2.45) is 11.8 Å². The van der Waals surface area contributed by atoms with Crippen LogP contribution in [0.15, 0.2) is 23.8 Å². The first kappa shape index (κ1) is 10.3. The van der Waals surface area contributed by atoms with Gasteiger partial charge in [-0.15, -0.1) is 0 Å². The molecule has 5 heteroatoms. The Kier molecular flexibility index (Phi) is 1.98. The Morgan fingerprint density at radius 2 is 2.00 bits per heavy atom. The van der Waals surface area contributed by atoms with Crippen LogP contribution in [0.3, 0.4) is 0 Å². The predicted molar refractivity (Wildman–Crippen MR) is 56.5 cm³/mol. The summed E-state index contributed by atoms with van der Waals surface area (Å²) >= 11 is 0. The molecule has 0 saturated carbocycles. The smallest absolute Gasteiger partial charge is 0.331 e. The molecule has 3 aliphatic rings. The summed E-state index contributed by atoms with van der Waals surface area (Å²) in [5, 5.41) is 0. The second-order valence-corrected chi connectivity index (χ2v) is 4.50. The van der Waals surface area contributed by atoms with E-state index in [4.69, 9.17) is 4.74 Å². The number of amides is 2. The zero-order valence-electron chi connectivity index (χ0n) is 9.25. The number of fused-ring (bicyclic) bond motifs is 3. The van der Waals surface area contributed by atoms with Gasteiger partial charge in [0.15, 0.2) is 0 Å². The first-order chi connectivity index (χ1) is 8.09. The molecule has 0 bridgehead atoms. The lowest BCUT2D eigenvalue weighted by Crippen LogP contribution is -2.39. The zero-order chi connectivity index (χ0) is 12.2. The maximum Gasteiger partial charge on any atom is 0.331 e. The summed E-state index contributed by atoms with van der Waals surface area (Å²) in [4.78, 5) is 36.2. The Bertz CT molecular complexity index is 491. The van der Waals surface area contributed by atoms with E-state index in [2.05, 4.69) is 0 Å². The summed E-state index contributed by atoms with van der Waals surface area (Å²) in [6.07, 6.45) is 4.83. The van der Waals surface area contributed by atoms with Crippen LogP contribution in [0.4, 0.5) is 0 Å². The second kappa shape index (κ2) is 3.29. The number of allylic oxidation sites excluding steroid dienone is 1. The molecule has 1 fully saturated rings. The molecule has 2 amide bonds. The first-order valence-corrected chi connectivity index (χ1v) is 5.50. The average Bonchev–Trinajstić information content (AvgIpc) is 2.54. The molecule has 0 radical (unpaired) electrons. The number of ether oxygens (including phenoxy) is 1. The molecule has 2 heterocycles. The highest BCUT2D eigenvalue weighted by atomic mass is 16.5. The molecule has 1 saturated heterocycles. The van der Waals surface area contributed by atoms with Crippen LogP contribution in [-0.2, 0) is 19.1 Å². The van der Waals surface area contributed by atoms with E-state index >= 15 is 0 Å². The Balaban J connectivity index is 2.03. The number of hydrogen-bond donors (Lipinski definition) is 0. The number of carbonyl (C=O) groups is 3. The minimum absolute atomic E-state index is 0.180. The fraction of sp³-hybridized carbons (Fsp3) is 0.417. The van der Waals surface area contributed by atoms with Gasteiger partial charge in [-0.25, -0.2) is 4.79 Å². The molecule has 0 spiro atoms. The lowest BCUT2D eigenvalue weighted by molar-refractivity contribution is -0.148. The molecule has 3 atom stereocenters. The van der Waals surface area contributed by atoms with Crippen molar-refractivity contribution in [2.75, 3.05) is 7.05 Å². The molecular formula is C12H11NO4. The molecule has 5 nitrogen and oxygen atoms in total. The largest absolute Gasteiger partial charge is 0.453 e. The van der Waals surface area contributed by atoms with Crippen molar-refractivity contribution in [3.05, 3.63) is 23.8 Å². The van der Waals surface area contributed by atoms with E-state index < -0.39 is 18.0 Å². The number of nitrogens with zero attached hydrogens (tertiary/aromatic N) is 1. The van der Waals surface area contributed by atoms with Crippen molar-refractivity contribution in [1.82, 2.24) is 4.90 Å². The minimum Gasteiger partial charge on any atom is -0.453 e. The maximum absolute atomic E-state index is 12.0. The van der Waals surface area contributed by atoms with Crippen molar-refractivity contribution < 1.29 is 19.1 Å². The highest BCUT2D eigenvalue weighted by Gasteiger charge is 2.53. The SMILES string of the molecule is CN1C(=O)[C@H]2[C@H](CC=C3C=CC(=O)O[C@H]32)C1=O. The van der Waals surface area contributed by atoms with Gasteiger partial charge in [0.1, 0.15) is 6.10 Å². The third kappa shape index (κ3) is 1.28. The summed E-state index contributed by atoms with van der Waals surface area (Å²) in [5.74, 6) is -1.80. The molecule has 0 aromatic rings. The van der Waals surface area contributed by atoms with Crippen molar-refractivity contribution in [1.29, 1.82) is 0 Å². The van der Waals surface area contributed by atoms with Crippen LogP contribution in [0, 0.1) is 11.8 Å². The quantitative estimate of drug-likeness (QED) is 0.437. The van der Waals surface area contributed by atoms with Gasteiger partial charge in [0.05, 0.1) is 11.8 Å². The number of hydrogen-bond acceptors (Lipinski definition) is 4. The van der Waals surface area contributed by atoms with E-state index in [0.29, 0.717) is 6.42 Å². The van der Waals surface area contributed by atoms with Crippen LogP contribution in [-0.4, -0.2) is 35.8 Å². The van der Waals surface area contributed by atoms with Crippen LogP contribution in [0.1, 0.15) is 6.42 Å². The van der Waals surface area contributed by atoms with Gasteiger partial charge in [-0.2, -0.15) is 0 Å². The minimum atomic E-state index is -0.590. The normalized spacial score (nSPS) is 35.4. The predicted octanol–water partition coefficient (Wildman–Crippen LogP) is 0.0291. The fourth-order valence-corrected chi connectivity index (χ4v) is 2.71. The average molecular weight is 233 g/mol. The zero-order valence-corrected chi connectivity index (χ0v) is 9.25. The summed E-state index contributed by atoms with van der Waals surface area (Å²) in [6.45, 7) is 0. The molecule has 0 N–H and O–H groups in total. The second-order valence-electron chi connectivity index (χ2n) is 4.50. The third-order valence-electron chi connectivity index (χ3n) is 3.61. The van der Waals surface area contributed by atoms with Gasteiger partial charge in [-0.05, 0) is 18.1 Å². The number of rotatable bonds is 0. The molecule has 1 aliphatic carbocycles. The number of likely N-dealkylation sites (tertiary alicyclic amines) is 1. The Morgan fingerprint density at radius 3 is 2.76 bits per heavy atom. The summed E-state index contributed by atoms with van der Waals surface area (Å²) in [6, 6.07) is 0. The van der Waals surface area contributed by atoms with Gasteiger partial charge in [0.25, 0.3) is 0 Å². The number of esters is 1. The molecule has 88 valence electrons. The molecule has 17 heavy (non-hydrogen) atoms. The van der Waals surface area contributed by atoms with Crippen molar-refractivity contribution in [3.63, 3.8) is 0 Å². The molecular weight excluding hydrogens is 222 g/mol.